The van der Waals surface area contributed by atoms with Gasteiger partial charge in [-0.2, -0.15) is 5.10 Å². The number of rotatable bonds is 3. The van der Waals surface area contributed by atoms with Gasteiger partial charge in [-0.3, -0.25) is 9.58 Å². The van der Waals surface area contributed by atoms with E-state index in [2.05, 4.69) is 21.9 Å². The Morgan fingerprint density at radius 3 is 3.00 bits per heavy atom. The zero-order valence-electron chi connectivity index (χ0n) is 9.83. The summed E-state index contributed by atoms with van der Waals surface area (Å²) in [6, 6.07) is 0. The first-order valence-electron chi connectivity index (χ1n) is 5.59. The monoisotopic (exact) mass is 225 g/mol. The molecule has 0 bridgehead atoms. The standard InChI is InChI=1S/C10H19N5O/c1-8-4-15(5-9(3-11)16-8)6-10-12-7-13-14(10)2/h7-9H,3-6,11H2,1-2H3. The van der Waals surface area contributed by atoms with Gasteiger partial charge in [0.2, 0.25) is 0 Å². The van der Waals surface area contributed by atoms with E-state index in [1.165, 1.54) is 0 Å². The second kappa shape index (κ2) is 4.90. The van der Waals surface area contributed by atoms with Crippen molar-refractivity contribution >= 4 is 0 Å². The topological polar surface area (TPSA) is 69.2 Å². The highest BCUT2D eigenvalue weighted by molar-refractivity contribution is 4.86. The maximum atomic E-state index is 5.71. The number of nitrogens with zero attached hydrogens (tertiary/aromatic N) is 4. The van der Waals surface area contributed by atoms with E-state index < -0.39 is 0 Å². The zero-order valence-corrected chi connectivity index (χ0v) is 9.83. The fourth-order valence-electron chi connectivity index (χ4n) is 2.06. The lowest BCUT2D eigenvalue weighted by Crippen LogP contribution is -2.49. The first kappa shape index (κ1) is 11.5. The quantitative estimate of drug-likeness (QED) is 0.741. The van der Waals surface area contributed by atoms with E-state index in [9.17, 15) is 0 Å². The van der Waals surface area contributed by atoms with E-state index in [4.69, 9.17) is 10.5 Å². The van der Waals surface area contributed by atoms with Crippen molar-refractivity contribution in [1.82, 2.24) is 19.7 Å². The molecule has 0 amide bonds. The lowest BCUT2D eigenvalue weighted by Gasteiger charge is -2.35. The van der Waals surface area contributed by atoms with Crippen LogP contribution in [0.5, 0.6) is 0 Å². The van der Waals surface area contributed by atoms with Gasteiger partial charge in [0.25, 0.3) is 0 Å². The van der Waals surface area contributed by atoms with E-state index >= 15 is 0 Å². The van der Waals surface area contributed by atoms with Crippen molar-refractivity contribution < 1.29 is 4.74 Å². The van der Waals surface area contributed by atoms with Crippen molar-refractivity contribution in [3.8, 4) is 0 Å². The van der Waals surface area contributed by atoms with E-state index in [0.717, 1.165) is 25.5 Å². The van der Waals surface area contributed by atoms with Crippen molar-refractivity contribution in [3.63, 3.8) is 0 Å². The molecule has 6 heteroatoms. The molecule has 0 aliphatic carbocycles. The van der Waals surface area contributed by atoms with E-state index in [1.54, 1.807) is 11.0 Å². The lowest BCUT2D eigenvalue weighted by atomic mass is 10.2. The molecule has 1 aromatic rings. The molecule has 90 valence electrons. The molecule has 0 radical (unpaired) electrons. The molecular weight excluding hydrogens is 206 g/mol. The van der Waals surface area contributed by atoms with Crippen LogP contribution in [-0.4, -0.2) is 51.5 Å². The van der Waals surface area contributed by atoms with Gasteiger partial charge in [-0.1, -0.05) is 0 Å². The molecule has 2 atom stereocenters. The predicted molar refractivity (Wildman–Crippen MR) is 59.7 cm³/mol. The fourth-order valence-corrected chi connectivity index (χ4v) is 2.06. The molecule has 6 nitrogen and oxygen atoms in total. The first-order valence-corrected chi connectivity index (χ1v) is 5.59. The van der Waals surface area contributed by atoms with Crippen LogP contribution in [0.3, 0.4) is 0 Å². The zero-order chi connectivity index (χ0) is 11.5. The van der Waals surface area contributed by atoms with Crippen molar-refractivity contribution in [3.05, 3.63) is 12.2 Å². The van der Waals surface area contributed by atoms with E-state index in [0.29, 0.717) is 6.54 Å². The summed E-state index contributed by atoms with van der Waals surface area (Å²) < 4.78 is 7.51. The molecule has 1 saturated heterocycles. The van der Waals surface area contributed by atoms with Crippen LogP contribution >= 0.6 is 0 Å². The number of aromatic nitrogens is 3. The van der Waals surface area contributed by atoms with Gasteiger partial charge >= 0.3 is 0 Å². The van der Waals surface area contributed by atoms with Crippen LogP contribution in [0.15, 0.2) is 6.33 Å². The van der Waals surface area contributed by atoms with Crippen LogP contribution in [0.25, 0.3) is 0 Å². The molecule has 16 heavy (non-hydrogen) atoms. The Balaban J connectivity index is 1.96. The van der Waals surface area contributed by atoms with Gasteiger partial charge in [0, 0.05) is 26.7 Å². The summed E-state index contributed by atoms with van der Waals surface area (Å²) in [7, 11) is 1.91. The SMILES string of the molecule is CC1CN(Cc2ncnn2C)CC(CN)O1. The molecule has 1 fully saturated rings. The summed E-state index contributed by atoms with van der Waals surface area (Å²) in [6.45, 7) is 5.24. The van der Waals surface area contributed by atoms with Gasteiger partial charge in [-0.05, 0) is 6.92 Å². The molecule has 2 heterocycles. The van der Waals surface area contributed by atoms with Crippen LogP contribution in [0.2, 0.25) is 0 Å². The second-order valence-electron chi connectivity index (χ2n) is 4.30. The predicted octanol–water partition coefficient (Wildman–Crippen LogP) is -0.637. The van der Waals surface area contributed by atoms with Gasteiger partial charge < -0.3 is 10.5 Å². The number of nitrogens with two attached hydrogens (primary N) is 1. The summed E-state index contributed by atoms with van der Waals surface area (Å²) in [5, 5.41) is 4.06. The molecule has 0 saturated carbocycles. The summed E-state index contributed by atoms with van der Waals surface area (Å²) in [6.07, 6.45) is 1.95. The maximum Gasteiger partial charge on any atom is 0.140 e. The largest absolute Gasteiger partial charge is 0.371 e. The smallest absolute Gasteiger partial charge is 0.140 e. The third kappa shape index (κ3) is 2.58. The highest BCUT2D eigenvalue weighted by Crippen LogP contribution is 2.12. The molecule has 2 N–H and O–H groups in total. The molecule has 1 aliphatic heterocycles. The minimum atomic E-state index is 0.136. The highest BCUT2D eigenvalue weighted by atomic mass is 16.5. The van der Waals surface area contributed by atoms with Crippen molar-refractivity contribution in [2.45, 2.75) is 25.7 Å². The highest BCUT2D eigenvalue weighted by Gasteiger charge is 2.24. The average molecular weight is 225 g/mol. The van der Waals surface area contributed by atoms with Crippen molar-refractivity contribution in [2.75, 3.05) is 19.6 Å². The Bertz CT molecular complexity index is 340. The van der Waals surface area contributed by atoms with Crippen LogP contribution < -0.4 is 5.73 Å². The Morgan fingerprint density at radius 2 is 2.38 bits per heavy atom. The van der Waals surface area contributed by atoms with Gasteiger partial charge in [0.1, 0.15) is 12.2 Å². The molecule has 1 aromatic heterocycles. The summed E-state index contributed by atoms with van der Waals surface area (Å²) >= 11 is 0. The van der Waals surface area contributed by atoms with Gasteiger partial charge in [-0.15, -0.1) is 0 Å². The Morgan fingerprint density at radius 1 is 1.56 bits per heavy atom. The van der Waals surface area contributed by atoms with Gasteiger partial charge in [0.15, 0.2) is 0 Å². The second-order valence-corrected chi connectivity index (χ2v) is 4.30. The fraction of sp³-hybridized carbons (Fsp3) is 0.800. The summed E-state index contributed by atoms with van der Waals surface area (Å²) in [5.74, 6) is 0.977. The molecule has 1 aliphatic rings. The first-order chi connectivity index (χ1) is 7.69. The normalized spacial score (nSPS) is 27.2. The van der Waals surface area contributed by atoms with Crippen LogP contribution in [0.1, 0.15) is 12.7 Å². The van der Waals surface area contributed by atoms with E-state index in [1.807, 2.05) is 7.05 Å². The number of hydrogen-bond donors (Lipinski definition) is 1. The van der Waals surface area contributed by atoms with Crippen LogP contribution in [0, 0.1) is 0 Å². The molecule has 0 aromatic carbocycles. The maximum absolute atomic E-state index is 5.71. The number of hydrogen-bond acceptors (Lipinski definition) is 5. The van der Waals surface area contributed by atoms with Gasteiger partial charge in [0.05, 0.1) is 18.8 Å². The van der Waals surface area contributed by atoms with Crippen LogP contribution in [-0.2, 0) is 18.3 Å². The molecular formula is C10H19N5O. The lowest BCUT2D eigenvalue weighted by molar-refractivity contribution is -0.0752. The van der Waals surface area contributed by atoms with E-state index in [-0.39, 0.29) is 12.2 Å². The van der Waals surface area contributed by atoms with Gasteiger partial charge in [-0.25, -0.2) is 4.98 Å². The molecule has 0 spiro atoms. The average Bonchev–Trinajstić information content (AvgIpc) is 2.63. The minimum Gasteiger partial charge on any atom is -0.371 e. The number of ether oxygens (including phenoxy) is 1. The Kier molecular flexibility index (Phi) is 3.52. The number of morpholine rings is 1. The summed E-state index contributed by atoms with van der Waals surface area (Å²) in [5.41, 5.74) is 5.65. The summed E-state index contributed by atoms with van der Waals surface area (Å²) in [4.78, 5) is 6.54. The molecule has 2 unspecified atom stereocenters. The minimum absolute atomic E-state index is 0.136. The van der Waals surface area contributed by atoms with Crippen LogP contribution in [0.4, 0.5) is 0 Å². The number of aryl methyl sites for hydroxylation is 1. The van der Waals surface area contributed by atoms with Crippen molar-refractivity contribution in [2.24, 2.45) is 12.8 Å². The molecule has 2 rings (SSSR count). The third-order valence-electron chi connectivity index (χ3n) is 2.83. The van der Waals surface area contributed by atoms with Crippen molar-refractivity contribution in [1.29, 1.82) is 0 Å². The Hall–Kier alpha value is -0.980. The third-order valence-corrected chi connectivity index (χ3v) is 2.83. The Labute approximate surface area is 95.4 Å².